The highest BCUT2D eigenvalue weighted by Gasteiger charge is 2.49. The van der Waals surface area contributed by atoms with Gasteiger partial charge in [-0.2, -0.15) is 0 Å². The Labute approximate surface area is 331 Å². The molecule has 7 heterocycles. The van der Waals surface area contributed by atoms with E-state index < -0.39 is 12.3 Å². The Balaban J connectivity index is 0.817. The van der Waals surface area contributed by atoms with Crippen LogP contribution in [0, 0.1) is 6.92 Å². The second kappa shape index (κ2) is 14.6. The summed E-state index contributed by atoms with van der Waals surface area (Å²) in [6.45, 7) is 8.97. The summed E-state index contributed by atoms with van der Waals surface area (Å²) in [7, 11) is 0. The zero-order valence-corrected chi connectivity index (χ0v) is 32.4. The van der Waals surface area contributed by atoms with Crippen LogP contribution in [-0.2, 0) is 22.7 Å². The summed E-state index contributed by atoms with van der Waals surface area (Å²) in [6, 6.07) is 15.2. The van der Waals surface area contributed by atoms with Crippen LogP contribution in [0.5, 0.6) is 11.6 Å². The third-order valence-corrected chi connectivity index (χ3v) is 13.1. The van der Waals surface area contributed by atoms with E-state index in [0.29, 0.717) is 54.8 Å². The van der Waals surface area contributed by atoms with Crippen LogP contribution in [0.25, 0.3) is 11.3 Å². The number of aliphatic hydroxyl groups excluding tert-OH is 1. The molecule has 5 aliphatic rings. The van der Waals surface area contributed by atoms with Crippen LogP contribution in [0.15, 0.2) is 54.7 Å². The lowest BCUT2D eigenvalue weighted by atomic mass is 9.87. The number of fused-ring (bicyclic) bond motifs is 4. The van der Waals surface area contributed by atoms with Gasteiger partial charge >= 0.3 is 0 Å². The number of aliphatic hydroxyl groups is 1. The van der Waals surface area contributed by atoms with Gasteiger partial charge < -0.3 is 25.2 Å². The molecular formula is C42H47ClN8O5. The molecule has 3 saturated heterocycles. The number of aromatic nitrogens is 3. The molecule has 0 radical (unpaired) electrons. The number of amides is 2. The average Bonchev–Trinajstić information content (AvgIpc) is 3.74. The van der Waals surface area contributed by atoms with Gasteiger partial charge in [0.15, 0.2) is 5.82 Å². The topological polar surface area (TPSA) is 156 Å². The predicted molar refractivity (Wildman–Crippen MR) is 211 cm³/mol. The number of carbonyl (C=O) groups excluding carboxylic acids is 2. The molecule has 0 bridgehead atoms. The lowest BCUT2D eigenvalue weighted by molar-refractivity contribution is -0.141. The lowest BCUT2D eigenvalue weighted by Gasteiger charge is -2.43. The normalized spacial score (nSPS) is 25.4. The monoisotopic (exact) mass is 778 g/mol. The first-order valence-electron chi connectivity index (χ1n) is 19.7. The molecule has 2 aromatic heterocycles. The van der Waals surface area contributed by atoms with E-state index in [9.17, 15) is 19.8 Å². The molecule has 1 unspecified atom stereocenters. The molecule has 2 amide bonds. The number of hydrogen-bond donors (Lipinski definition) is 4. The highest BCUT2D eigenvalue weighted by atomic mass is 35.5. The Morgan fingerprint density at radius 2 is 1.91 bits per heavy atom. The maximum atomic E-state index is 12.5. The van der Waals surface area contributed by atoms with Crippen molar-refractivity contribution < 1.29 is 24.5 Å². The SMILES string of the molecule is CC[C@@]12CNc3nnc(-c4cccc(Cl)c4O)cc3N1C[C@H](Oc1cc(C)c(CN3CCC(c4ccc5c(c4)C(O)N([C@H]4CCC(=O)NC4=O)C5)CC3)cn1)C2. The van der Waals surface area contributed by atoms with Crippen LogP contribution in [0.1, 0.15) is 85.4 Å². The smallest absolute Gasteiger partial charge is 0.244 e. The quantitative estimate of drug-likeness (QED) is 0.169. The molecule has 9 rings (SSSR count). The van der Waals surface area contributed by atoms with Gasteiger partial charge in [-0.25, -0.2) is 4.98 Å². The maximum Gasteiger partial charge on any atom is 0.244 e. The van der Waals surface area contributed by atoms with Gasteiger partial charge in [0.25, 0.3) is 0 Å². The minimum absolute atomic E-state index is 0.00905. The minimum atomic E-state index is -0.854. The summed E-state index contributed by atoms with van der Waals surface area (Å²) in [5.41, 5.74) is 7.35. The van der Waals surface area contributed by atoms with E-state index in [0.717, 1.165) is 74.2 Å². The van der Waals surface area contributed by atoms with E-state index in [2.05, 4.69) is 68.7 Å². The number of anilines is 2. The third-order valence-electron chi connectivity index (χ3n) is 12.8. The fourth-order valence-corrected chi connectivity index (χ4v) is 9.66. The number of rotatable bonds is 8. The Bertz CT molecular complexity index is 2200. The van der Waals surface area contributed by atoms with E-state index in [1.54, 1.807) is 18.2 Å². The number of benzene rings is 2. The van der Waals surface area contributed by atoms with Gasteiger partial charge in [-0.05, 0) is 92.1 Å². The number of phenolic OH excluding ortho intramolecular Hbond substituents is 1. The van der Waals surface area contributed by atoms with Gasteiger partial charge in [0.2, 0.25) is 17.7 Å². The first-order chi connectivity index (χ1) is 27.1. The van der Waals surface area contributed by atoms with Crippen molar-refractivity contribution in [2.24, 2.45) is 0 Å². The zero-order valence-electron chi connectivity index (χ0n) is 31.7. The number of likely N-dealkylation sites (tertiary alicyclic amines) is 1. The molecule has 13 nitrogen and oxygen atoms in total. The molecule has 3 fully saturated rings. The number of imide groups is 1. The number of aromatic hydroxyl groups is 1. The van der Waals surface area contributed by atoms with Crippen LogP contribution >= 0.6 is 11.6 Å². The number of halogens is 1. The van der Waals surface area contributed by atoms with Crippen LogP contribution in [0.4, 0.5) is 11.5 Å². The molecule has 4 N–H and O–H groups in total. The van der Waals surface area contributed by atoms with E-state index in [4.69, 9.17) is 21.3 Å². The largest absolute Gasteiger partial charge is 0.506 e. The first kappa shape index (κ1) is 36.8. The standard InChI is InChI=1S/C42H47ClN8O5/c1-3-42-18-29(22-51(42)35-17-33(47-48-39(35)45-23-42)30-5-4-6-32(43)38(30)53)56-37-15-24(2)28(19-44-37)20-49-13-11-25(12-14-49)26-7-8-27-21-50(41(55)31(27)16-26)34-9-10-36(52)46-40(34)54/h4-8,15-17,19,25,29,34,41,53,55H,3,9-14,18,20-23H2,1-2H3,(H,45,48)(H,46,52,54)/t29-,34+,41?,42-/m1/s1. The van der Waals surface area contributed by atoms with Gasteiger partial charge in [0.1, 0.15) is 18.1 Å². The summed E-state index contributed by atoms with van der Waals surface area (Å²) in [4.78, 5) is 35.6. The molecule has 56 heavy (non-hydrogen) atoms. The molecule has 4 aromatic rings. The molecule has 292 valence electrons. The Morgan fingerprint density at radius 3 is 2.70 bits per heavy atom. The first-order valence-corrected chi connectivity index (χ1v) is 20.1. The number of ether oxygens (including phenoxy) is 1. The molecular weight excluding hydrogens is 732 g/mol. The number of para-hydroxylation sites is 1. The van der Waals surface area contributed by atoms with Crippen molar-refractivity contribution >= 4 is 34.9 Å². The van der Waals surface area contributed by atoms with Crippen molar-refractivity contribution in [1.29, 1.82) is 0 Å². The molecule has 5 aliphatic heterocycles. The van der Waals surface area contributed by atoms with Crippen molar-refractivity contribution in [3.8, 4) is 22.9 Å². The maximum absolute atomic E-state index is 12.5. The number of carbonyl (C=O) groups is 2. The van der Waals surface area contributed by atoms with Crippen LogP contribution in [0.3, 0.4) is 0 Å². The van der Waals surface area contributed by atoms with Crippen LogP contribution < -0.4 is 20.3 Å². The Morgan fingerprint density at radius 1 is 1.07 bits per heavy atom. The average molecular weight is 779 g/mol. The van der Waals surface area contributed by atoms with Crippen LogP contribution in [0.2, 0.25) is 5.02 Å². The molecule has 0 saturated carbocycles. The molecule has 2 aromatic carbocycles. The molecule has 14 heteroatoms. The van der Waals surface area contributed by atoms with Crippen molar-refractivity contribution in [2.75, 3.05) is 36.4 Å². The fraction of sp³-hybridized carbons (Fsp3) is 0.452. The van der Waals surface area contributed by atoms with Crippen molar-refractivity contribution in [3.63, 3.8) is 0 Å². The third kappa shape index (κ3) is 6.63. The summed E-state index contributed by atoms with van der Waals surface area (Å²) < 4.78 is 6.60. The van der Waals surface area contributed by atoms with Crippen molar-refractivity contribution in [2.45, 2.75) is 95.3 Å². The van der Waals surface area contributed by atoms with E-state index in [1.165, 1.54) is 11.1 Å². The van der Waals surface area contributed by atoms with Gasteiger partial charge in [-0.1, -0.05) is 42.8 Å². The summed E-state index contributed by atoms with van der Waals surface area (Å²) >= 11 is 6.21. The number of piperidine rings is 2. The number of hydrogen-bond acceptors (Lipinski definition) is 12. The predicted octanol–water partition coefficient (Wildman–Crippen LogP) is 5.43. The zero-order chi connectivity index (χ0) is 38.7. The van der Waals surface area contributed by atoms with Gasteiger partial charge in [-0.15, -0.1) is 10.2 Å². The number of aryl methyl sites for hydroxylation is 1. The summed E-state index contributed by atoms with van der Waals surface area (Å²) in [5, 5.41) is 36.9. The Kier molecular flexibility index (Phi) is 9.59. The highest BCUT2D eigenvalue weighted by molar-refractivity contribution is 6.32. The van der Waals surface area contributed by atoms with E-state index in [-0.39, 0.29) is 34.2 Å². The molecule has 0 spiro atoms. The highest BCUT2D eigenvalue weighted by Crippen LogP contribution is 2.46. The number of phenols is 1. The van der Waals surface area contributed by atoms with E-state index in [1.807, 2.05) is 17.2 Å². The molecule has 0 aliphatic carbocycles. The van der Waals surface area contributed by atoms with Gasteiger partial charge in [0.05, 0.1) is 34.5 Å². The van der Waals surface area contributed by atoms with Gasteiger partial charge in [-0.3, -0.25) is 24.7 Å². The summed E-state index contributed by atoms with van der Waals surface area (Å²) in [6.07, 6.45) is 5.53. The van der Waals surface area contributed by atoms with E-state index >= 15 is 0 Å². The van der Waals surface area contributed by atoms with Crippen molar-refractivity contribution in [1.82, 2.24) is 30.3 Å². The Hall–Kier alpha value is -4.82. The van der Waals surface area contributed by atoms with Crippen molar-refractivity contribution in [3.05, 3.63) is 87.6 Å². The number of nitrogens with zero attached hydrogens (tertiary/aromatic N) is 6. The summed E-state index contributed by atoms with van der Waals surface area (Å²) in [5.74, 6) is 1.15. The lowest BCUT2D eigenvalue weighted by Crippen LogP contribution is -2.52. The van der Waals surface area contributed by atoms with Crippen LogP contribution in [-0.4, -0.2) is 90.9 Å². The number of pyridine rings is 1. The second-order valence-electron chi connectivity index (χ2n) is 16.1. The second-order valence-corrected chi connectivity index (χ2v) is 16.5. The minimum Gasteiger partial charge on any atom is -0.506 e. The van der Waals surface area contributed by atoms with Gasteiger partial charge in [0, 0.05) is 55.9 Å². The molecule has 4 atom stereocenters. The fourth-order valence-electron chi connectivity index (χ4n) is 9.49. The number of nitrogens with one attached hydrogen (secondary N) is 2.